The van der Waals surface area contributed by atoms with E-state index >= 15 is 0 Å². The van der Waals surface area contributed by atoms with Crippen LogP contribution in [0.1, 0.15) is 26.2 Å². The quantitative estimate of drug-likeness (QED) is 0.618. The topological polar surface area (TPSA) is 55.4 Å². The first-order valence-corrected chi connectivity index (χ1v) is 4.10. The molecule has 0 aliphatic heterocycles. The Morgan fingerprint density at radius 3 is 2.58 bits per heavy atom. The van der Waals surface area contributed by atoms with Crippen molar-refractivity contribution >= 4 is 12.1 Å². The number of carbonyl (C=O) groups excluding carboxylic acids is 1. The van der Waals surface area contributed by atoms with Crippen LogP contribution in [0.2, 0.25) is 0 Å². The van der Waals surface area contributed by atoms with Crippen LogP contribution in [0, 0.1) is 0 Å². The van der Waals surface area contributed by atoms with Crippen molar-refractivity contribution in [1.82, 2.24) is 0 Å². The molecule has 0 bridgehead atoms. The smallest absolute Gasteiger partial charge is 0.217 e. The third-order valence-corrected chi connectivity index (χ3v) is 1.42. The third kappa shape index (κ3) is 5.65. The molecule has 68 valence electrons. The molecule has 0 aliphatic rings. The molecular weight excluding hydrogens is 152 g/mol. The molecule has 0 rings (SSSR count). The summed E-state index contributed by atoms with van der Waals surface area (Å²) in [4.78, 5) is 14.3. The fourth-order valence-electron chi connectivity index (χ4n) is 0.915. The fourth-order valence-corrected chi connectivity index (χ4v) is 0.915. The predicted molar refractivity (Wildman–Crippen MR) is 51.2 cm³/mol. The highest BCUT2D eigenvalue weighted by Crippen LogP contribution is 2.03. The summed E-state index contributed by atoms with van der Waals surface area (Å²) in [5.41, 5.74) is 6.10. The lowest BCUT2D eigenvalue weighted by Crippen LogP contribution is -2.10. The molecule has 0 saturated heterocycles. The van der Waals surface area contributed by atoms with Gasteiger partial charge in [-0.25, -0.2) is 0 Å². The molecule has 2 N–H and O–H groups in total. The van der Waals surface area contributed by atoms with Gasteiger partial charge in [0.1, 0.15) is 0 Å². The summed E-state index contributed by atoms with van der Waals surface area (Å²) in [5.74, 6) is -0.262. The molecule has 3 nitrogen and oxygen atoms in total. The van der Waals surface area contributed by atoms with Crippen molar-refractivity contribution in [3.8, 4) is 0 Å². The van der Waals surface area contributed by atoms with E-state index in [1.165, 1.54) is 0 Å². The van der Waals surface area contributed by atoms with Crippen LogP contribution in [-0.2, 0) is 4.79 Å². The molecule has 0 spiro atoms. The minimum Gasteiger partial charge on any atom is -0.370 e. The second-order valence-electron chi connectivity index (χ2n) is 2.54. The van der Waals surface area contributed by atoms with E-state index in [0.29, 0.717) is 12.8 Å². The molecule has 0 unspecified atom stereocenters. The average molecular weight is 168 g/mol. The SMILES string of the molecule is CC/C=C(\C=NC)CCC(N)=O. The van der Waals surface area contributed by atoms with Gasteiger partial charge in [0.05, 0.1) is 0 Å². The summed E-state index contributed by atoms with van der Waals surface area (Å²) in [7, 11) is 1.72. The standard InChI is InChI=1S/C9H16N2O/c1-3-4-8(7-11-2)5-6-9(10)12/h4,7H,3,5-6H2,1-2H3,(H2,10,12)/b8-4-,11-7?. The van der Waals surface area contributed by atoms with Crippen molar-refractivity contribution in [1.29, 1.82) is 0 Å². The first-order chi connectivity index (χ1) is 5.70. The second-order valence-corrected chi connectivity index (χ2v) is 2.54. The minimum absolute atomic E-state index is 0.262. The van der Waals surface area contributed by atoms with Gasteiger partial charge in [-0.05, 0) is 18.4 Å². The number of nitrogens with two attached hydrogens (primary N) is 1. The van der Waals surface area contributed by atoms with Gasteiger partial charge in [0, 0.05) is 19.7 Å². The summed E-state index contributed by atoms with van der Waals surface area (Å²) in [6.07, 6.45) is 5.88. The molecule has 0 aromatic rings. The van der Waals surface area contributed by atoms with E-state index in [9.17, 15) is 4.79 Å². The van der Waals surface area contributed by atoms with E-state index in [1.807, 2.05) is 6.92 Å². The summed E-state index contributed by atoms with van der Waals surface area (Å²) >= 11 is 0. The van der Waals surface area contributed by atoms with Gasteiger partial charge in [0.2, 0.25) is 5.91 Å². The fraction of sp³-hybridized carbons (Fsp3) is 0.556. The summed E-state index contributed by atoms with van der Waals surface area (Å²) < 4.78 is 0. The Bertz CT molecular complexity index is 195. The number of amides is 1. The van der Waals surface area contributed by atoms with Crippen molar-refractivity contribution in [2.75, 3.05) is 7.05 Å². The summed E-state index contributed by atoms with van der Waals surface area (Å²) in [6, 6.07) is 0. The Kier molecular flexibility index (Phi) is 5.97. The van der Waals surface area contributed by atoms with E-state index in [2.05, 4.69) is 11.1 Å². The van der Waals surface area contributed by atoms with Crippen molar-refractivity contribution in [3.63, 3.8) is 0 Å². The Balaban J connectivity index is 3.96. The molecule has 0 heterocycles. The minimum atomic E-state index is -0.262. The number of hydrogen-bond donors (Lipinski definition) is 1. The average Bonchev–Trinajstić information content (AvgIpc) is 2.01. The number of nitrogens with zero attached hydrogens (tertiary/aromatic N) is 1. The number of rotatable bonds is 5. The Labute approximate surface area is 73.4 Å². The van der Waals surface area contributed by atoms with Gasteiger partial charge in [-0.2, -0.15) is 0 Å². The molecule has 0 atom stereocenters. The Morgan fingerprint density at radius 1 is 1.50 bits per heavy atom. The first-order valence-electron chi connectivity index (χ1n) is 4.10. The van der Waals surface area contributed by atoms with Crippen molar-refractivity contribution in [3.05, 3.63) is 11.6 Å². The van der Waals surface area contributed by atoms with E-state index in [0.717, 1.165) is 12.0 Å². The second kappa shape index (κ2) is 6.58. The van der Waals surface area contributed by atoms with Crippen molar-refractivity contribution < 1.29 is 4.79 Å². The maximum absolute atomic E-state index is 10.5. The lowest BCUT2D eigenvalue weighted by molar-refractivity contribution is -0.117. The zero-order valence-corrected chi connectivity index (χ0v) is 7.71. The van der Waals surface area contributed by atoms with Crippen LogP contribution in [0.5, 0.6) is 0 Å². The zero-order valence-electron chi connectivity index (χ0n) is 7.71. The summed E-state index contributed by atoms with van der Waals surface area (Å²) in [5, 5.41) is 0. The van der Waals surface area contributed by atoms with Crippen molar-refractivity contribution in [2.24, 2.45) is 10.7 Å². The largest absolute Gasteiger partial charge is 0.370 e. The van der Waals surface area contributed by atoms with Gasteiger partial charge in [-0.15, -0.1) is 0 Å². The molecule has 0 fully saturated rings. The maximum atomic E-state index is 10.5. The molecular formula is C9H16N2O. The van der Waals surface area contributed by atoms with Gasteiger partial charge >= 0.3 is 0 Å². The van der Waals surface area contributed by atoms with Gasteiger partial charge in [0.15, 0.2) is 0 Å². The van der Waals surface area contributed by atoms with E-state index in [4.69, 9.17) is 5.73 Å². The highest BCUT2D eigenvalue weighted by Gasteiger charge is 1.96. The van der Waals surface area contributed by atoms with E-state index in [-0.39, 0.29) is 5.91 Å². The van der Waals surface area contributed by atoms with Gasteiger partial charge < -0.3 is 5.73 Å². The van der Waals surface area contributed by atoms with Crippen LogP contribution in [0.3, 0.4) is 0 Å². The lowest BCUT2D eigenvalue weighted by Gasteiger charge is -1.97. The van der Waals surface area contributed by atoms with E-state index in [1.54, 1.807) is 13.3 Å². The monoisotopic (exact) mass is 168 g/mol. The molecule has 1 amide bonds. The molecule has 0 aromatic carbocycles. The zero-order chi connectivity index (χ0) is 9.40. The van der Waals surface area contributed by atoms with Gasteiger partial charge in [-0.3, -0.25) is 9.79 Å². The Morgan fingerprint density at radius 2 is 2.17 bits per heavy atom. The molecule has 0 aliphatic carbocycles. The van der Waals surface area contributed by atoms with Crippen LogP contribution >= 0.6 is 0 Å². The van der Waals surface area contributed by atoms with Crippen LogP contribution in [0.15, 0.2) is 16.6 Å². The highest BCUT2D eigenvalue weighted by molar-refractivity contribution is 5.81. The predicted octanol–water partition coefficient (Wildman–Crippen LogP) is 1.29. The number of primary amides is 1. The number of aliphatic imine (C=N–C) groups is 1. The van der Waals surface area contributed by atoms with Crippen LogP contribution in [-0.4, -0.2) is 19.2 Å². The van der Waals surface area contributed by atoms with Crippen LogP contribution < -0.4 is 5.73 Å². The number of carbonyl (C=O) groups is 1. The number of allylic oxidation sites excluding steroid dienone is 2. The molecule has 0 saturated carbocycles. The molecule has 12 heavy (non-hydrogen) atoms. The maximum Gasteiger partial charge on any atom is 0.217 e. The van der Waals surface area contributed by atoms with E-state index < -0.39 is 0 Å². The normalized spacial score (nSPS) is 12.3. The van der Waals surface area contributed by atoms with Crippen molar-refractivity contribution in [2.45, 2.75) is 26.2 Å². The molecule has 3 heteroatoms. The van der Waals surface area contributed by atoms with Crippen LogP contribution in [0.25, 0.3) is 0 Å². The van der Waals surface area contributed by atoms with Gasteiger partial charge in [0.25, 0.3) is 0 Å². The molecule has 0 aromatic heterocycles. The highest BCUT2D eigenvalue weighted by atomic mass is 16.1. The lowest BCUT2D eigenvalue weighted by atomic mass is 10.1. The van der Waals surface area contributed by atoms with Gasteiger partial charge in [-0.1, -0.05) is 13.0 Å². The molecule has 0 radical (unpaired) electrons. The first kappa shape index (κ1) is 10.9. The summed E-state index contributed by atoms with van der Waals surface area (Å²) in [6.45, 7) is 2.05. The van der Waals surface area contributed by atoms with Crippen LogP contribution in [0.4, 0.5) is 0 Å². The third-order valence-electron chi connectivity index (χ3n) is 1.42. The Hall–Kier alpha value is -1.12. The number of hydrogen-bond acceptors (Lipinski definition) is 2.